The Kier molecular flexibility index (Phi) is 22.8. The summed E-state index contributed by atoms with van der Waals surface area (Å²) >= 11 is 0. The van der Waals surface area contributed by atoms with Gasteiger partial charge in [-0.25, -0.2) is 0 Å². The molecule has 3 aliphatic rings. The molecule has 3 fully saturated rings. The fourth-order valence-electron chi connectivity index (χ4n) is 12.5. The number of hydrogen-bond acceptors (Lipinski definition) is 9. The van der Waals surface area contributed by atoms with Gasteiger partial charge in [-0.05, 0) is 80.3 Å². The average Bonchev–Trinajstić information content (AvgIpc) is 3.32. The molecule has 0 radical (unpaired) electrons. The van der Waals surface area contributed by atoms with Gasteiger partial charge in [0.1, 0.15) is 11.7 Å². The van der Waals surface area contributed by atoms with Gasteiger partial charge in [0.05, 0.1) is 29.8 Å². The summed E-state index contributed by atoms with van der Waals surface area (Å²) in [4.78, 5) is 31.8. The number of ether oxygens (including phenoxy) is 3. The first kappa shape index (κ1) is 59.3. The van der Waals surface area contributed by atoms with E-state index in [-0.39, 0.29) is 56.1 Å². The van der Waals surface area contributed by atoms with Crippen LogP contribution < -0.4 is 10.6 Å². The zero-order valence-corrected chi connectivity index (χ0v) is 46.1. The van der Waals surface area contributed by atoms with Gasteiger partial charge in [-0.1, -0.05) is 13.8 Å². The minimum absolute atomic E-state index is 0.00196. The minimum atomic E-state index is -2.55. The molecule has 2 aliphatic heterocycles. The summed E-state index contributed by atoms with van der Waals surface area (Å²) in [6, 6.07) is 21.4. The third-order valence-corrected chi connectivity index (χ3v) is 22.5. The number of carbonyl (C=O) groups excluding carboxylic acids is 2. The summed E-state index contributed by atoms with van der Waals surface area (Å²) in [6.07, 6.45) is 10.6. The zero-order chi connectivity index (χ0) is 52.0. The van der Waals surface area contributed by atoms with Gasteiger partial charge in [0, 0.05) is 31.5 Å². The molecular weight excluding hydrogens is 922 g/mol. The van der Waals surface area contributed by atoms with Crippen LogP contribution in [0.25, 0.3) is 0 Å². The maximum absolute atomic E-state index is 14.5. The molecule has 404 valence electrons. The number of rotatable bonds is 19. The number of aliphatic hydroxyl groups excluding tert-OH is 1. The fourth-order valence-corrected chi connectivity index (χ4v) is 18.4. The van der Waals surface area contributed by atoms with Crippen LogP contribution in [-0.4, -0.2) is 129 Å². The second kappa shape index (κ2) is 27.3. The number of carbonyl (C=O) groups is 2. The van der Waals surface area contributed by atoms with Gasteiger partial charge in [0.15, 0.2) is 6.29 Å². The van der Waals surface area contributed by atoms with Gasteiger partial charge in [-0.15, -0.1) is 0 Å². The summed E-state index contributed by atoms with van der Waals surface area (Å²) in [5.74, 6) is -4.32. The van der Waals surface area contributed by atoms with E-state index >= 15 is 0 Å². The van der Waals surface area contributed by atoms with Gasteiger partial charge in [-0.3, -0.25) is 9.59 Å². The number of hydrogen-bond donors (Lipinski definition) is 3. The molecule has 1 amide bonds. The van der Waals surface area contributed by atoms with Gasteiger partial charge in [0.2, 0.25) is 0 Å². The Morgan fingerprint density at radius 3 is 1.90 bits per heavy atom. The molecule has 0 unspecified atom stereocenters. The second-order valence-corrected chi connectivity index (χ2v) is 27.6. The van der Waals surface area contributed by atoms with Gasteiger partial charge in [-0.2, -0.15) is 0 Å². The van der Waals surface area contributed by atoms with Crippen molar-refractivity contribution in [2.45, 2.75) is 242 Å². The number of halogens is 2. The third kappa shape index (κ3) is 17.0. The average molecular weight is 1020 g/mol. The van der Waals surface area contributed by atoms with E-state index in [0.29, 0.717) is 44.3 Å². The molecule has 0 aromatic heterocycles. The van der Waals surface area contributed by atoms with Crippen LogP contribution in [-0.2, 0) is 23.8 Å². The number of amides is 1. The standard InChI is InChI=1S/C58H95F2N2O8P/c1-10-51-57(7,67)40-43(3)62(41-42(2)39-56(6,66)52(38-50(63)45(5)55(65)70-51)69-54-37-46(61(8)9)36-44(4)68-54)53(64)30-24-16-14-12-11-13-15-17-25-35-71(47-26-20-18-21-27-47,48-28-22-19-23-29-48)49-31-33-58(59,60)34-32-49/h18-23,26-29,42-46,49-52,54,63,66-67,71H,10-17,24-25,30-41H2,1-9H3/t42-,43-,44-,45-,46+,50+,51-,52-,54+,56-,57+/m1/s1. The SMILES string of the molecule is CC[C@H]1OC(=O)[C@H](C)[C@@H](O)C[C@@H](O[C@H]2C[C@@H](N(C)C)C[C@@H](C)O2)[C@](C)(O)C[C@@H](C)CN(C(=O)CCCCCCCCCCC[PH](c2ccccc2)(c2ccccc2)C2CCC(F)(F)CC2)[C@H](C)C[C@]1(C)O. The Hall–Kier alpha value is -2.57. The van der Waals surface area contributed by atoms with Crippen LogP contribution in [0.5, 0.6) is 0 Å². The molecule has 2 saturated heterocycles. The second-order valence-electron chi connectivity index (χ2n) is 23.2. The molecule has 2 heterocycles. The van der Waals surface area contributed by atoms with E-state index < -0.39 is 66.9 Å². The molecule has 2 aromatic carbocycles. The first-order chi connectivity index (χ1) is 33.6. The normalized spacial score (nSPS) is 32.2. The number of unbranched alkanes of at least 4 members (excludes halogenated alkanes) is 8. The largest absolute Gasteiger partial charge is 0.386 e. The summed E-state index contributed by atoms with van der Waals surface area (Å²) < 4.78 is 47.7. The molecule has 10 nitrogen and oxygen atoms in total. The molecule has 0 bridgehead atoms. The smallest absolute Gasteiger partial charge is 0.101 e. The number of nitrogens with zero attached hydrogens (tertiary/aromatic N) is 2. The van der Waals surface area contributed by atoms with Crippen LogP contribution in [0.15, 0.2) is 60.7 Å². The molecule has 1 saturated carbocycles. The summed E-state index contributed by atoms with van der Waals surface area (Å²) in [5.41, 5.74) is -2.60. The van der Waals surface area contributed by atoms with Gasteiger partial charge >= 0.3 is 207 Å². The van der Waals surface area contributed by atoms with Crippen molar-refractivity contribution in [3.05, 3.63) is 60.7 Å². The van der Waals surface area contributed by atoms with E-state index in [4.69, 9.17) is 14.2 Å². The Morgan fingerprint density at radius 2 is 1.35 bits per heavy atom. The van der Waals surface area contributed by atoms with Crippen LogP contribution in [0, 0.1) is 11.8 Å². The van der Waals surface area contributed by atoms with Crippen LogP contribution >= 0.6 is 7.26 Å². The topological polar surface area (TPSA) is 129 Å². The predicted octanol–water partition coefficient (Wildman–Crippen LogP) is 10.6. The fraction of sp³-hybridized carbons (Fsp3) is 0.759. The van der Waals surface area contributed by atoms with E-state index in [1.165, 1.54) is 10.6 Å². The van der Waals surface area contributed by atoms with Gasteiger partial charge in [0.25, 0.3) is 0 Å². The Morgan fingerprint density at radius 1 is 0.803 bits per heavy atom. The molecule has 5 rings (SSSR count). The van der Waals surface area contributed by atoms with Crippen molar-refractivity contribution in [2.24, 2.45) is 11.8 Å². The molecular formula is C58H95F2N2O8P. The van der Waals surface area contributed by atoms with Gasteiger partial charge < -0.3 is 39.3 Å². The maximum Gasteiger partial charge on any atom is 0.101 e. The van der Waals surface area contributed by atoms with E-state index in [1.54, 1.807) is 20.8 Å². The van der Waals surface area contributed by atoms with E-state index in [0.717, 1.165) is 70.4 Å². The number of alkyl halides is 2. The van der Waals surface area contributed by atoms with Crippen molar-refractivity contribution in [3.63, 3.8) is 0 Å². The quantitative estimate of drug-likeness (QED) is 0.0716. The summed E-state index contributed by atoms with van der Waals surface area (Å²) in [6.45, 7) is 13.1. The van der Waals surface area contributed by atoms with Crippen LogP contribution in [0.3, 0.4) is 0 Å². The molecule has 2 aromatic rings. The molecule has 3 N–H and O–H groups in total. The van der Waals surface area contributed by atoms with E-state index in [1.807, 2.05) is 46.7 Å². The number of esters is 1. The molecule has 13 heteroatoms. The van der Waals surface area contributed by atoms with Crippen molar-refractivity contribution >= 4 is 29.7 Å². The Balaban J connectivity index is 1.16. The monoisotopic (exact) mass is 1020 g/mol. The first-order valence-electron chi connectivity index (χ1n) is 27.7. The predicted molar refractivity (Wildman–Crippen MR) is 285 cm³/mol. The molecule has 71 heavy (non-hydrogen) atoms. The van der Waals surface area contributed by atoms with Crippen molar-refractivity contribution in [2.75, 3.05) is 26.8 Å². The van der Waals surface area contributed by atoms with Crippen molar-refractivity contribution < 1.29 is 47.9 Å². The molecule has 0 spiro atoms. The molecule has 11 atom stereocenters. The third-order valence-electron chi connectivity index (χ3n) is 16.7. The maximum atomic E-state index is 14.5. The van der Waals surface area contributed by atoms with Crippen molar-refractivity contribution in [3.8, 4) is 0 Å². The zero-order valence-electron chi connectivity index (χ0n) is 45.1. The molecule has 1 aliphatic carbocycles. The van der Waals surface area contributed by atoms with Crippen LogP contribution in [0.2, 0.25) is 0 Å². The van der Waals surface area contributed by atoms with Crippen LogP contribution in [0.1, 0.15) is 177 Å². The Labute approximate surface area is 427 Å². The Bertz CT molecular complexity index is 1840. The first-order valence-corrected chi connectivity index (χ1v) is 30.0. The summed E-state index contributed by atoms with van der Waals surface area (Å²) in [7, 11) is 1.73. The van der Waals surface area contributed by atoms with E-state index in [9.17, 15) is 33.7 Å². The minimum Gasteiger partial charge on any atom is -0.386 e. The van der Waals surface area contributed by atoms with E-state index in [2.05, 4.69) is 65.6 Å². The number of aliphatic hydroxyl groups is 3. The summed E-state index contributed by atoms with van der Waals surface area (Å²) in [5, 5.41) is 38.4. The number of benzene rings is 2. The van der Waals surface area contributed by atoms with Crippen molar-refractivity contribution in [1.82, 2.24) is 9.80 Å². The van der Waals surface area contributed by atoms with Crippen molar-refractivity contribution in [1.29, 1.82) is 0 Å². The number of cyclic esters (lactones) is 1. The van der Waals surface area contributed by atoms with Crippen LogP contribution in [0.4, 0.5) is 8.78 Å².